The van der Waals surface area contributed by atoms with E-state index in [1.165, 1.54) is 18.2 Å². The molecule has 2 heterocycles. The molecule has 0 spiro atoms. The Morgan fingerprint density at radius 3 is 2.65 bits per heavy atom. The predicted octanol–water partition coefficient (Wildman–Crippen LogP) is 4.09. The van der Waals surface area contributed by atoms with E-state index in [-0.39, 0.29) is 40.4 Å². The van der Waals surface area contributed by atoms with Crippen LogP contribution in [-0.2, 0) is 9.53 Å². The maximum absolute atomic E-state index is 13.8. The van der Waals surface area contributed by atoms with Crippen molar-refractivity contribution < 1.29 is 23.5 Å². The third-order valence-corrected chi connectivity index (χ3v) is 5.71. The van der Waals surface area contributed by atoms with Gasteiger partial charge >= 0.3 is 5.97 Å². The summed E-state index contributed by atoms with van der Waals surface area (Å²) in [5.74, 6) is -1.28. The smallest absolute Gasteiger partial charge is 0.359 e. The minimum Gasteiger partial charge on any atom is -0.484 e. The lowest BCUT2D eigenvalue weighted by Crippen LogP contribution is -2.26. The van der Waals surface area contributed by atoms with Crippen LogP contribution in [0.4, 0.5) is 9.39 Å². The van der Waals surface area contributed by atoms with Gasteiger partial charge in [0.1, 0.15) is 16.6 Å². The highest BCUT2D eigenvalue weighted by Gasteiger charge is 2.23. The van der Waals surface area contributed by atoms with Gasteiger partial charge in [0.25, 0.3) is 11.5 Å². The number of amides is 1. The second-order valence-corrected chi connectivity index (χ2v) is 8.15. The van der Waals surface area contributed by atoms with Crippen LogP contribution in [0.1, 0.15) is 23.0 Å². The molecule has 0 radical (unpaired) electrons. The number of carbonyl (C=O) groups is 2. The van der Waals surface area contributed by atoms with Crippen LogP contribution < -0.4 is 15.6 Å². The molecule has 34 heavy (non-hydrogen) atoms. The third-order valence-electron chi connectivity index (χ3n) is 4.82. The van der Waals surface area contributed by atoms with Crippen molar-refractivity contribution in [1.29, 1.82) is 0 Å². The minimum absolute atomic E-state index is 0.0657. The number of nitrogens with zero attached hydrogens (tertiary/aromatic N) is 2. The van der Waals surface area contributed by atoms with E-state index in [9.17, 15) is 18.8 Å². The van der Waals surface area contributed by atoms with Crippen molar-refractivity contribution in [1.82, 2.24) is 9.78 Å². The van der Waals surface area contributed by atoms with Crippen LogP contribution in [0.3, 0.4) is 0 Å². The van der Waals surface area contributed by atoms with Gasteiger partial charge in [0.2, 0.25) is 0 Å². The number of anilines is 1. The molecule has 4 rings (SSSR count). The number of halogens is 1. The molecule has 174 valence electrons. The van der Waals surface area contributed by atoms with Gasteiger partial charge < -0.3 is 14.8 Å². The lowest BCUT2D eigenvalue weighted by molar-refractivity contribution is -0.118. The van der Waals surface area contributed by atoms with Crippen molar-refractivity contribution in [2.75, 3.05) is 18.5 Å². The highest BCUT2D eigenvalue weighted by atomic mass is 32.1. The summed E-state index contributed by atoms with van der Waals surface area (Å²) < 4.78 is 25.3. The van der Waals surface area contributed by atoms with E-state index in [0.717, 1.165) is 27.6 Å². The van der Waals surface area contributed by atoms with Gasteiger partial charge in [-0.3, -0.25) is 9.59 Å². The van der Waals surface area contributed by atoms with Crippen LogP contribution in [0.15, 0.2) is 58.7 Å². The molecule has 0 aliphatic carbocycles. The zero-order valence-corrected chi connectivity index (χ0v) is 19.1. The van der Waals surface area contributed by atoms with Gasteiger partial charge in [-0.15, -0.1) is 11.3 Å². The van der Waals surface area contributed by atoms with Crippen molar-refractivity contribution in [2.45, 2.75) is 13.8 Å². The summed E-state index contributed by atoms with van der Waals surface area (Å²) in [7, 11) is 0. The highest BCUT2D eigenvalue weighted by Crippen LogP contribution is 2.30. The Bertz CT molecular complexity index is 1430. The van der Waals surface area contributed by atoms with E-state index in [1.54, 1.807) is 24.4 Å². The second-order valence-electron chi connectivity index (χ2n) is 7.27. The molecule has 0 atom stereocenters. The number of ether oxygens (including phenoxy) is 2. The number of rotatable bonds is 7. The standard InChI is InChI=1S/C24H20FN3O5S/c1-3-32-24(31)21-18-13-34-22(26-19(29)12-33-17-9-7-14(2)8-10-17)20(18)23(30)28(27-21)16-6-4-5-15(25)11-16/h4-11,13H,3,12H2,1-2H3,(H,26,29). The predicted molar refractivity (Wildman–Crippen MR) is 126 cm³/mol. The average Bonchev–Trinajstić information content (AvgIpc) is 3.23. The normalized spacial score (nSPS) is 10.8. The van der Waals surface area contributed by atoms with Crippen LogP contribution >= 0.6 is 11.3 Å². The van der Waals surface area contributed by atoms with Crippen LogP contribution in [0.5, 0.6) is 5.75 Å². The minimum atomic E-state index is -0.740. The molecule has 1 amide bonds. The summed E-state index contributed by atoms with van der Waals surface area (Å²) in [6, 6.07) is 12.5. The molecule has 4 aromatic rings. The van der Waals surface area contributed by atoms with E-state index in [2.05, 4.69) is 10.4 Å². The first-order valence-corrected chi connectivity index (χ1v) is 11.2. The number of hydrogen-bond acceptors (Lipinski definition) is 7. The largest absolute Gasteiger partial charge is 0.484 e. The lowest BCUT2D eigenvalue weighted by Gasteiger charge is -2.10. The third kappa shape index (κ3) is 4.81. The van der Waals surface area contributed by atoms with Crippen molar-refractivity contribution >= 4 is 39.0 Å². The molecule has 0 aliphatic rings. The fraction of sp³-hybridized carbons (Fsp3) is 0.167. The molecule has 0 aliphatic heterocycles. The summed E-state index contributed by atoms with van der Waals surface area (Å²) in [4.78, 5) is 38.4. The first-order chi connectivity index (χ1) is 16.4. The number of fused-ring (bicyclic) bond motifs is 1. The van der Waals surface area contributed by atoms with Crippen molar-refractivity contribution in [3.05, 3.63) is 81.3 Å². The molecular weight excluding hydrogens is 461 g/mol. The van der Waals surface area contributed by atoms with Gasteiger partial charge in [-0.2, -0.15) is 9.78 Å². The maximum atomic E-state index is 13.8. The van der Waals surface area contributed by atoms with Crippen LogP contribution in [0.2, 0.25) is 0 Å². The molecule has 0 saturated carbocycles. The second kappa shape index (κ2) is 9.84. The fourth-order valence-electron chi connectivity index (χ4n) is 3.22. The molecule has 0 fully saturated rings. The molecule has 2 aromatic heterocycles. The van der Waals surface area contributed by atoms with Crippen molar-refractivity contribution in [2.24, 2.45) is 0 Å². The summed E-state index contributed by atoms with van der Waals surface area (Å²) in [5.41, 5.74) is 0.448. The highest BCUT2D eigenvalue weighted by molar-refractivity contribution is 7.16. The Balaban J connectivity index is 1.71. The van der Waals surface area contributed by atoms with Crippen LogP contribution in [-0.4, -0.2) is 34.9 Å². The van der Waals surface area contributed by atoms with Gasteiger partial charge in [0.15, 0.2) is 12.3 Å². The number of aryl methyl sites for hydroxylation is 1. The summed E-state index contributed by atoms with van der Waals surface area (Å²) in [5, 5.41) is 8.86. The van der Waals surface area contributed by atoms with Crippen molar-refractivity contribution in [3.8, 4) is 11.4 Å². The molecule has 0 unspecified atom stereocenters. The van der Waals surface area contributed by atoms with Crippen molar-refractivity contribution in [3.63, 3.8) is 0 Å². The number of benzene rings is 2. The Morgan fingerprint density at radius 2 is 1.94 bits per heavy atom. The van der Waals surface area contributed by atoms with Gasteiger partial charge in [-0.1, -0.05) is 23.8 Å². The average molecular weight is 482 g/mol. The first kappa shape index (κ1) is 23.1. The number of aromatic nitrogens is 2. The monoisotopic (exact) mass is 481 g/mol. The molecule has 0 saturated heterocycles. The van der Waals surface area contributed by atoms with Gasteiger partial charge in [0.05, 0.1) is 17.7 Å². The molecule has 0 bridgehead atoms. The molecule has 1 N–H and O–H groups in total. The fourth-order valence-corrected chi connectivity index (χ4v) is 4.17. The maximum Gasteiger partial charge on any atom is 0.359 e. The molecule has 8 nitrogen and oxygen atoms in total. The summed E-state index contributed by atoms with van der Waals surface area (Å²) in [6.07, 6.45) is 0. The SMILES string of the molecule is CCOC(=O)c1nn(-c2cccc(F)c2)c(=O)c2c(NC(=O)COc3ccc(C)cc3)scc12. The zero-order chi connectivity index (χ0) is 24.2. The Hall–Kier alpha value is -4.05. The van der Waals surface area contributed by atoms with E-state index in [0.29, 0.717) is 5.75 Å². The van der Waals surface area contributed by atoms with E-state index >= 15 is 0 Å². The van der Waals surface area contributed by atoms with E-state index in [4.69, 9.17) is 9.47 Å². The van der Waals surface area contributed by atoms with Gasteiger partial charge in [-0.05, 0) is 44.2 Å². The summed E-state index contributed by atoms with van der Waals surface area (Å²) >= 11 is 1.06. The Labute approximate surface area is 197 Å². The van der Waals surface area contributed by atoms with E-state index < -0.39 is 23.3 Å². The van der Waals surface area contributed by atoms with Crippen LogP contribution in [0.25, 0.3) is 16.5 Å². The number of esters is 1. The van der Waals surface area contributed by atoms with Gasteiger partial charge in [-0.25, -0.2) is 9.18 Å². The lowest BCUT2D eigenvalue weighted by atomic mass is 10.2. The number of carbonyl (C=O) groups excluding carboxylic acids is 2. The molecule has 10 heteroatoms. The van der Waals surface area contributed by atoms with Crippen LogP contribution in [0, 0.1) is 12.7 Å². The zero-order valence-electron chi connectivity index (χ0n) is 18.3. The summed E-state index contributed by atoms with van der Waals surface area (Å²) in [6.45, 7) is 3.40. The van der Waals surface area contributed by atoms with Gasteiger partial charge in [0, 0.05) is 10.8 Å². The Kier molecular flexibility index (Phi) is 6.69. The Morgan fingerprint density at radius 1 is 1.18 bits per heavy atom. The number of hydrogen-bond donors (Lipinski definition) is 1. The first-order valence-electron chi connectivity index (χ1n) is 10.3. The topological polar surface area (TPSA) is 99.5 Å². The number of thiophene rings is 1. The molecule has 2 aromatic carbocycles. The quantitative estimate of drug-likeness (QED) is 0.399. The number of nitrogens with one attached hydrogen (secondary N) is 1. The van der Waals surface area contributed by atoms with E-state index in [1.807, 2.05) is 19.1 Å². The molecular formula is C24H20FN3O5S.